The maximum absolute atomic E-state index is 6.17. The second-order valence-corrected chi connectivity index (χ2v) is 5.79. The Balaban J connectivity index is 2.49. The Hall–Kier alpha value is -0.600. The second kappa shape index (κ2) is 8.49. The fraction of sp³-hybridized carbons (Fsp3) is 0.667. The van der Waals surface area contributed by atoms with Crippen molar-refractivity contribution in [3.63, 3.8) is 0 Å². The summed E-state index contributed by atoms with van der Waals surface area (Å²) < 4.78 is 0. The molecular formula is C15H25ClN2. The van der Waals surface area contributed by atoms with Crippen LogP contribution in [0.4, 0.5) is 0 Å². The molecule has 1 heterocycles. The van der Waals surface area contributed by atoms with Gasteiger partial charge in [-0.05, 0) is 49.4 Å². The van der Waals surface area contributed by atoms with Gasteiger partial charge in [0.2, 0.25) is 0 Å². The van der Waals surface area contributed by atoms with Crippen molar-refractivity contribution in [2.45, 2.75) is 40.0 Å². The third-order valence-corrected chi connectivity index (χ3v) is 3.39. The predicted molar refractivity (Wildman–Crippen MR) is 79.1 cm³/mol. The number of nitrogens with zero attached hydrogens (tertiary/aromatic N) is 1. The Morgan fingerprint density at radius 1 is 1.33 bits per heavy atom. The van der Waals surface area contributed by atoms with Gasteiger partial charge in [-0.25, -0.2) is 0 Å². The number of halogens is 1. The third-order valence-electron chi connectivity index (χ3n) is 3.05. The van der Waals surface area contributed by atoms with E-state index >= 15 is 0 Å². The van der Waals surface area contributed by atoms with Crippen molar-refractivity contribution in [3.8, 4) is 0 Å². The summed E-state index contributed by atoms with van der Waals surface area (Å²) in [5, 5.41) is 4.34. The standard InChI is InChI=1S/C15H25ClN2/c1-4-5-13(10-18-9-12(2)3)8-14-6-7-17-11-15(14)16/h6-7,11-13,18H,4-5,8-10H2,1-3H3. The minimum absolute atomic E-state index is 0.661. The molecule has 0 aliphatic heterocycles. The van der Waals surface area contributed by atoms with Gasteiger partial charge in [-0.1, -0.05) is 38.8 Å². The van der Waals surface area contributed by atoms with Gasteiger partial charge >= 0.3 is 0 Å². The van der Waals surface area contributed by atoms with E-state index in [4.69, 9.17) is 11.6 Å². The van der Waals surface area contributed by atoms with Crippen LogP contribution in [-0.2, 0) is 6.42 Å². The quantitative estimate of drug-likeness (QED) is 0.773. The summed E-state index contributed by atoms with van der Waals surface area (Å²) in [6.07, 6.45) is 7.06. The molecule has 0 saturated heterocycles. The summed E-state index contributed by atoms with van der Waals surface area (Å²) in [5.74, 6) is 1.37. The van der Waals surface area contributed by atoms with Crippen LogP contribution in [-0.4, -0.2) is 18.1 Å². The summed E-state index contributed by atoms with van der Waals surface area (Å²) in [6.45, 7) is 8.88. The van der Waals surface area contributed by atoms with Gasteiger partial charge in [0.15, 0.2) is 0 Å². The zero-order chi connectivity index (χ0) is 13.4. The minimum atomic E-state index is 0.661. The van der Waals surface area contributed by atoms with Crippen molar-refractivity contribution in [1.29, 1.82) is 0 Å². The summed E-state index contributed by atoms with van der Waals surface area (Å²) in [7, 11) is 0. The fourth-order valence-electron chi connectivity index (χ4n) is 2.14. The molecule has 1 aromatic rings. The van der Waals surface area contributed by atoms with Gasteiger partial charge in [0, 0.05) is 12.4 Å². The summed E-state index contributed by atoms with van der Waals surface area (Å²) in [4.78, 5) is 4.04. The van der Waals surface area contributed by atoms with Gasteiger partial charge in [0.05, 0.1) is 5.02 Å². The lowest BCUT2D eigenvalue weighted by atomic mass is 9.95. The van der Waals surface area contributed by atoms with Gasteiger partial charge in [0.25, 0.3) is 0 Å². The molecule has 0 fully saturated rings. The van der Waals surface area contributed by atoms with E-state index in [1.807, 2.05) is 12.3 Å². The molecule has 3 heteroatoms. The first kappa shape index (κ1) is 15.5. The van der Waals surface area contributed by atoms with E-state index in [2.05, 4.69) is 31.1 Å². The monoisotopic (exact) mass is 268 g/mol. The van der Waals surface area contributed by atoms with Crippen LogP contribution in [0.2, 0.25) is 5.02 Å². The molecule has 0 aliphatic rings. The normalized spacial score (nSPS) is 12.9. The average Bonchev–Trinajstić information content (AvgIpc) is 2.32. The largest absolute Gasteiger partial charge is 0.316 e. The smallest absolute Gasteiger partial charge is 0.0621 e. The maximum atomic E-state index is 6.17. The van der Waals surface area contributed by atoms with Crippen LogP contribution in [0.5, 0.6) is 0 Å². The highest BCUT2D eigenvalue weighted by Gasteiger charge is 2.11. The first-order valence-corrected chi connectivity index (χ1v) is 7.30. The van der Waals surface area contributed by atoms with E-state index in [1.165, 1.54) is 18.4 Å². The van der Waals surface area contributed by atoms with E-state index in [1.54, 1.807) is 6.20 Å². The Morgan fingerprint density at radius 3 is 2.72 bits per heavy atom. The van der Waals surface area contributed by atoms with Crippen LogP contribution in [0.3, 0.4) is 0 Å². The third kappa shape index (κ3) is 5.83. The van der Waals surface area contributed by atoms with Crippen molar-refractivity contribution in [1.82, 2.24) is 10.3 Å². The molecule has 1 aromatic heterocycles. The number of pyridine rings is 1. The van der Waals surface area contributed by atoms with Gasteiger partial charge in [-0.15, -0.1) is 0 Å². The van der Waals surface area contributed by atoms with Gasteiger partial charge in [0.1, 0.15) is 0 Å². The Labute approximate surface area is 116 Å². The van der Waals surface area contributed by atoms with E-state index in [0.717, 1.165) is 24.5 Å². The van der Waals surface area contributed by atoms with Crippen LogP contribution in [0.1, 0.15) is 39.2 Å². The first-order chi connectivity index (χ1) is 8.63. The van der Waals surface area contributed by atoms with Crippen molar-refractivity contribution in [3.05, 3.63) is 29.0 Å². The second-order valence-electron chi connectivity index (χ2n) is 5.38. The Bertz CT molecular complexity index is 339. The lowest BCUT2D eigenvalue weighted by molar-refractivity contribution is 0.421. The molecule has 1 rings (SSSR count). The summed E-state index contributed by atoms with van der Waals surface area (Å²) >= 11 is 6.17. The van der Waals surface area contributed by atoms with Crippen molar-refractivity contribution >= 4 is 11.6 Å². The van der Waals surface area contributed by atoms with E-state index in [-0.39, 0.29) is 0 Å². The lowest BCUT2D eigenvalue weighted by Crippen LogP contribution is -2.27. The van der Waals surface area contributed by atoms with E-state index in [9.17, 15) is 0 Å². The number of rotatable bonds is 8. The van der Waals surface area contributed by atoms with E-state index in [0.29, 0.717) is 11.8 Å². The molecule has 0 radical (unpaired) electrons. The Kier molecular flexibility index (Phi) is 7.29. The van der Waals surface area contributed by atoms with Crippen LogP contribution in [0, 0.1) is 11.8 Å². The minimum Gasteiger partial charge on any atom is -0.316 e. The van der Waals surface area contributed by atoms with Crippen LogP contribution in [0.25, 0.3) is 0 Å². The van der Waals surface area contributed by atoms with Gasteiger partial charge in [-0.3, -0.25) is 4.98 Å². The zero-order valence-electron chi connectivity index (χ0n) is 11.7. The van der Waals surface area contributed by atoms with E-state index < -0.39 is 0 Å². The molecule has 0 bridgehead atoms. The summed E-state index contributed by atoms with van der Waals surface area (Å²) in [5.41, 5.74) is 1.22. The fourth-order valence-corrected chi connectivity index (χ4v) is 2.34. The zero-order valence-corrected chi connectivity index (χ0v) is 12.5. The highest BCUT2D eigenvalue weighted by molar-refractivity contribution is 6.31. The Morgan fingerprint density at radius 2 is 2.11 bits per heavy atom. The summed E-state index contributed by atoms with van der Waals surface area (Å²) in [6, 6.07) is 2.04. The van der Waals surface area contributed by atoms with Gasteiger partial charge in [-0.2, -0.15) is 0 Å². The van der Waals surface area contributed by atoms with Crippen LogP contribution < -0.4 is 5.32 Å². The van der Waals surface area contributed by atoms with Crippen LogP contribution in [0.15, 0.2) is 18.5 Å². The molecule has 1 unspecified atom stereocenters. The number of nitrogens with one attached hydrogen (secondary N) is 1. The molecule has 0 spiro atoms. The highest BCUT2D eigenvalue weighted by atomic mass is 35.5. The molecule has 1 N–H and O–H groups in total. The molecule has 0 aliphatic carbocycles. The van der Waals surface area contributed by atoms with Crippen molar-refractivity contribution in [2.75, 3.05) is 13.1 Å². The molecular weight excluding hydrogens is 244 g/mol. The molecule has 0 amide bonds. The number of aromatic nitrogens is 1. The number of hydrogen-bond donors (Lipinski definition) is 1. The average molecular weight is 269 g/mol. The van der Waals surface area contributed by atoms with Gasteiger partial charge < -0.3 is 5.32 Å². The molecule has 102 valence electrons. The highest BCUT2D eigenvalue weighted by Crippen LogP contribution is 2.20. The topological polar surface area (TPSA) is 24.9 Å². The predicted octanol–water partition coefficient (Wildman–Crippen LogP) is 3.94. The molecule has 0 saturated carbocycles. The molecule has 1 atom stereocenters. The van der Waals surface area contributed by atoms with Crippen molar-refractivity contribution in [2.24, 2.45) is 11.8 Å². The number of hydrogen-bond acceptors (Lipinski definition) is 2. The first-order valence-electron chi connectivity index (χ1n) is 6.92. The SMILES string of the molecule is CCCC(CNCC(C)C)Cc1ccncc1Cl. The molecule has 0 aromatic carbocycles. The molecule has 18 heavy (non-hydrogen) atoms. The molecule has 2 nitrogen and oxygen atoms in total. The lowest BCUT2D eigenvalue weighted by Gasteiger charge is -2.18. The van der Waals surface area contributed by atoms with Crippen LogP contribution >= 0.6 is 11.6 Å². The van der Waals surface area contributed by atoms with Crippen molar-refractivity contribution < 1.29 is 0 Å². The maximum Gasteiger partial charge on any atom is 0.0621 e.